The lowest BCUT2D eigenvalue weighted by Crippen LogP contribution is -2.40. The third kappa shape index (κ3) is 5.65. The van der Waals surface area contributed by atoms with E-state index in [1.807, 2.05) is 0 Å². The molecule has 3 atom stereocenters. The lowest BCUT2D eigenvalue weighted by Gasteiger charge is -2.47. The van der Waals surface area contributed by atoms with Crippen LogP contribution in [0.15, 0.2) is 12.1 Å². The normalized spacial score (nSPS) is 26.2. The van der Waals surface area contributed by atoms with E-state index in [-0.39, 0.29) is 29.5 Å². The van der Waals surface area contributed by atoms with Crippen molar-refractivity contribution >= 4 is 5.78 Å². The van der Waals surface area contributed by atoms with Crippen LogP contribution >= 0.6 is 0 Å². The van der Waals surface area contributed by atoms with Gasteiger partial charge in [-0.3, -0.25) is 4.79 Å². The number of ketones is 1. The average Bonchev–Trinajstić information content (AvgIpc) is 3.18. The van der Waals surface area contributed by atoms with Gasteiger partial charge >= 0.3 is 0 Å². The molecule has 0 saturated carbocycles. The standard InChI is InChI=1S/C29H46O3/c1-8-9-10-11-12-13-22-14-15-27(32-22)31-19-26(30)23-17-24-25(16-20(23)2)29(6,7)21(3)18-28(24,4)5/h16-17,21-22,27H,8-15,18-19H2,1-7H3. The number of benzene rings is 1. The second-order valence-corrected chi connectivity index (χ2v) is 11.6. The summed E-state index contributed by atoms with van der Waals surface area (Å²) in [5.74, 6) is 0.678. The fourth-order valence-electron chi connectivity index (χ4n) is 5.73. The van der Waals surface area contributed by atoms with Crippen LogP contribution in [0.2, 0.25) is 0 Å². The minimum atomic E-state index is -0.228. The first-order valence-corrected chi connectivity index (χ1v) is 13.0. The van der Waals surface area contributed by atoms with Crippen molar-refractivity contribution in [1.82, 2.24) is 0 Å². The monoisotopic (exact) mass is 442 g/mol. The maximum Gasteiger partial charge on any atom is 0.188 e. The second-order valence-electron chi connectivity index (χ2n) is 11.6. The summed E-state index contributed by atoms with van der Waals surface area (Å²) in [4.78, 5) is 13.1. The Hall–Kier alpha value is -1.19. The molecule has 1 aliphatic carbocycles. The zero-order valence-corrected chi connectivity index (χ0v) is 21.7. The molecule has 0 spiro atoms. The summed E-state index contributed by atoms with van der Waals surface area (Å²) in [6, 6.07) is 4.43. The smallest absolute Gasteiger partial charge is 0.188 e. The Morgan fingerprint density at radius 3 is 2.50 bits per heavy atom. The average molecular weight is 443 g/mol. The molecule has 0 aromatic heterocycles. The van der Waals surface area contributed by atoms with Crippen LogP contribution in [-0.4, -0.2) is 24.8 Å². The van der Waals surface area contributed by atoms with Crippen molar-refractivity contribution in [2.24, 2.45) is 5.92 Å². The first kappa shape index (κ1) is 25.4. The molecule has 0 amide bonds. The maximum absolute atomic E-state index is 13.1. The van der Waals surface area contributed by atoms with Gasteiger partial charge in [0.05, 0.1) is 6.10 Å². The molecular formula is C29H46O3. The van der Waals surface area contributed by atoms with Crippen LogP contribution in [0.1, 0.15) is 126 Å². The predicted octanol–water partition coefficient (Wildman–Crippen LogP) is 7.65. The lowest BCUT2D eigenvalue weighted by molar-refractivity contribution is -0.127. The number of ether oxygens (including phenoxy) is 2. The molecule has 32 heavy (non-hydrogen) atoms. The van der Waals surface area contributed by atoms with Crippen LogP contribution in [0.3, 0.4) is 0 Å². The molecule has 3 rings (SSSR count). The molecule has 1 aromatic rings. The fourth-order valence-corrected chi connectivity index (χ4v) is 5.73. The number of rotatable bonds is 10. The van der Waals surface area contributed by atoms with E-state index in [1.165, 1.54) is 43.2 Å². The summed E-state index contributed by atoms with van der Waals surface area (Å²) < 4.78 is 12.0. The number of Topliss-reactive ketones (excluding diaryl/α,β-unsaturated/α-hetero) is 1. The van der Waals surface area contributed by atoms with Gasteiger partial charge in [-0.2, -0.15) is 0 Å². The Kier molecular flexibility index (Phi) is 8.25. The number of hydrogen-bond donors (Lipinski definition) is 0. The summed E-state index contributed by atoms with van der Waals surface area (Å²) >= 11 is 0. The van der Waals surface area contributed by atoms with E-state index in [0.717, 1.165) is 36.8 Å². The molecule has 0 N–H and O–H groups in total. The first-order valence-electron chi connectivity index (χ1n) is 13.0. The van der Waals surface area contributed by atoms with Gasteiger partial charge in [-0.05, 0) is 65.7 Å². The molecule has 1 aromatic carbocycles. The first-order chi connectivity index (χ1) is 15.1. The summed E-state index contributed by atoms with van der Waals surface area (Å²) in [5.41, 5.74) is 4.80. The molecule has 3 nitrogen and oxygen atoms in total. The van der Waals surface area contributed by atoms with Crippen molar-refractivity contribution in [3.63, 3.8) is 0 Å². The molecule has 1 aliphatic heterocycles. The highest BCUT2D eigenvalue weighted by atomic mass is 16.7. The largest absolute Gasteiger partial charge is 0.349 e. The molecular weight excluding hydrogens is 396 g/mol. The Bertz CT molecular complexity index is 792. The zero-order valence-electron chi connectivity index (χ0n) is 21.7. The molecule has 1 heterocycles. The number of aryl methyl sites for hydroxylation is 1. The molecule has 2 aliphatic rings. The van der Waals surface area contributed by atoms with E-state index < -0.39 is 0 Å². The van der Waals surface area contributed by atoms with Crippen molar-refractivity contribution in [3.05, 3.63) is 34.4 Å². The number of carbonyl (C=O) groups is 1. The molecule has 3 unspecified atom stereocenters. The summed E-state index contributed by atoms with van der Waals surface area (Å²) in [5, 5.41) is 0. The Morgan fingerprint density at radius 1 is 1.06 bits per heavy atom. The van der Waals surface area contributed by atoms with E-state index in [2.05, 4.69) is 60.6 Å². The molecule has 1 saturated heterocycles. The van der Waals surface area contributed by atoms with E-state index >= 15 is 0 Å². The van der Waals surface area contributed by atoms with Gasteiger partial charge in [0.2, 0.25) is 0 Å². The van der Waals surface area contributed by atoms with Crippen LogP contribution in [0.5, 0.6) is 0 Å². The minimum absolute atomic E-state index is 0.0733. The topological polar surface area (TPSA) is 35.5 Å². The van der Waals surface area contributed by atoms with Crippen LogP contribution in [0.4, 0.5) is 0 Å². The third-order valence-electron chi connectivity index (χ3n) is 8.24. The van der Waals surface area contributed by atoms with Gasteiger partial charge in [-0.15, -0.1) is 0 Å². The number of hydrogen-bond acceptors (Lipinski definition) is 3. The van der Waals surface area contributed by atoms with Gasteiger partial charge < -0.3 is 9.47 Å². The molecule has 3 heteroatoms. The summed E-state index contributed by atoms with van der Waals surface area (Å²) in [6.07, 6.45) is 10.7. The van der Waals surface area contributed by atoms with Gasteiger partial charge in [-0.1, -0.05) is 79.7 Å². The van der Waals surface area contributed by atoms with Gasteiger partial charge in [0.25, 0.3) is 0 Å². The third-order valence-corrected chi connectivity index (χ3v) is 8.24. The molecule has 0 radical (unpaired) electrons. The molecule has 180 valence electrons. The number of carbonyl (C=O) groups excluding carboxylic acids is 1. The highest BCUT2D eigenvalue weighted by Crippen LogP contribution is 2.49. The predicted molar refractivity (Wildman–Crippen MR) is 133 cm³/mol. The van der Waals surface area contributed by atoms with Crippen molar-refractivity contribution in [2.45, 2.75) is 129 Å². The SMILES string of the molecule is CCCCCCCC1CCC(OCC(=O)c2cc3c(cc2C)C(C)(C)C(C)CC3(C)C)O1. The number of fused-ring (bicyclic) bond motifs is 1. The second kappa shape index (κ2) is 10.4. The van der Waals surface area contributed by atoms with Crippen LogP contribution in [0, 0.1) is 12.8 Å². The van der Waals surface area contributed by atoms with Gasteiger partial charge in [0.15, 0.2) is 12.1 Å². The van der Waals surface area contributed by atoms with Gasteiger partial charge in [-0.25, -0.2) is 0 Å². The molecule has 0 bridgehead atoms. The Balaban J connectivity index is 1.59. The zero-order chi connectivity index (χ0) is 23.5. The highest BCUT2D eigenvalue weighted by molar-refractivity contribution is 5.98. The van der Waals surface area contributed by atoms with Crippen molar-refractivity contribution in [1.29, 1.82) is 0 Å². The van der Waals surface area contributed by atoms with Crippen LogP contribution < -0.4 is 0 Å². The van der Waals surface area contributed by atoms with Crippen LogP contribution in [0.25, 0.3) is 0 Å². The fraction of sp³-hybridized carbons (Fsp3) is 0.759. The quantitative estimate of drug-likeness (QED) is 0.276. The lowest BCUT2D eigenvalue weighted by atomic mass is 9.58. The van der Waals surface area contributed by atoms with Crippen molar-refractivity contribution in [2.75, 3.05) is 6.61 Å². The minimum Gasteiger partial charge on any atom is -0.349 e. The Labute approximate surface area is 196 Å². The molecule has 1 fully saturated rings. The van der Waals surface area contributed by atoms with Gasteiger partial charge in [0, 0.05) is 12.0 Å². The Morgan fingerprint density at radius 2 is 1.78 bits per heavy atom. The van der Waals surface area contributed by atoms with Crippen LogP contribution in [-0.2, 0) is 20.3 Å². The highest BCUT2D eigenvalue weighted by Gasteiger charge is 2.42. The number of unbranched alkanes of at least 4 members (excludes halogenated alkanes) is 4. The van der Waals surface area contributed by atoms with E-state index in [4.69, 9.17) is 9.47 Å². The van der Waals surface area contributed by atoms with Crippen molar-refractivity contribution < 1.29 is 14.3 Å². The van der Waals surface area contributed by atoms with E-state index in [1.54, 1.807) is 0 Å². The van der Waals surface area contributed by atoms with E-state index in [9.17, 15) is 4.79 Å². The summed E-state index contributed by atoms with van der Waals surface area (Å²) in [7, 11) is 0. The van der Waals surface area contributed by atoms with E-state index in [0.29, 0.717) is 12.0 Å². The summed E-state index contributed by atoms with van der Waals surface area (Å²) in [6.45, 7) is 16.1. The maximum atomic E-state index is 13.1. The van der Waals surface area contributed by atoms with Crippen molar-refractivity contribution in [3.8, 4) is 0 Å². The van der Waals surface area contributed by atoms with Gasteiger partial charge in [0.1, 0.15) is 6.61 Å².